The number of ether oxygens (including phenoxy) is 2. The van der Waals surface area contributed by atoms with E-state index >= 15 is 0 Å². The minimum absolute atomic E-state index is 0.214. The van der Waals surface area contributed by atoms with Crippen molar-refractivity contribution in [2.45, 2.75) is 32.6 Å². The van der Waals surface area contributed by atoms with Crippen molar-refractivity contribution in [1.29, 1.82) is 0 Å². The van der Waals surface area contributed by atoms with Crippen molar-refractivity contribution in [1.82, 2.24) is 0 Å². The number of hydrogen-bond donors (Lipinski definition) is 0. The maximum atomic E-state index is 10.8. The van der Waals surface area contributed by atoms with Crippen molar-refractivity contribution in [2.75, 3.05) is 19.8 Å². The maximum Gasteiger partial charge on any atom is 0.309 e. The fraction of sp³-hybridized carbons (Fsp3) is 0.727. The van der Waals surface area contributed by atoms with Gasteiger partial charge in [0.25, 0.3) is 0 Å². The molecule has 0 unspecified atom stereocenters. The summed E-state index contributed by atoms with van der Waals surface area (Å²) >= 11 is 0. The van der Waals surface area contributed by atoms with Gasteiger partial charge in [-0.1, -0.05) is 19.4 Å². The summed E-state index contributed by atoms with van der Waals surface area (Å²) in [6.45, 7) is 7.49. The average Bonchev–Trinajstić information content (AvgIpc) is 2.17. The molecule has 82 valence electrons. The van der Waals surface area contributed by atoms with Crippen molar-refractivity contribution in [3.63, 3.8) is 0 Å². The van der Waals surface area contributed by atoms with Crippen LogP contribution in [0.5, 0.6) is 0 Å². The first-order chi connectivity index (χ1) is 6.81. The number of carbonyl (C=O) groups is 1. The summed E-state index contributed by atoms with van der Waals surface area (Å²) in [5.41, 5.74) is 0. The third kappa shape index (κ3) is 9.26. The molecule has 0 aliphatic rings. The van der Waals surface area contributed by atoms with Gasteiger partial charge in [0.15, 0.2) is 0 Å². The van der Waals surface area contributed by atoms with Crippen LogP contribution in [0.1, 0.15) is 32.6 Å². The Hall–Kier alpha value is -0.830. The van der Waals surface area contributed by atoms with Crippen LogP contribution in [-0.4, -0.2) is 25.8 Å². The number of hydrogen-bond acceptors (Lipinski definition) is 3. The summed E-state index contributed by atoms with van der Waals surface area (Å²) in [6, 6.07) is 0. The van der Waals surface area contributed by atoms with E-state index in [0.717, 1.165) is 25.9 Å². The Morgan fingerprint density at radius 2 is 2.00 bits per heavy atom. The third-order valence-corrected chi connectivity index (χ3v) is 1.65. The molecule has 0 aromatic heterocycles. The van der Waals surface area contributed by atoms with Crippen LogP contribution in [0.15, 0.2) is 12.7 Å². The maximum absolute atomic E-state index is 10.8. The number of unbranched alkanes of at least 4 members (excludes halogenated alkanes) is 1. The largest absolute Gasteiger partial charge is 0.465 e. The molecule has 14 heavy (non-hydrogen) atoms. The molecule has 0 saturated heterocycles. The van der Waals surface area contributed by atoms with Crippen molar-refractivity contribution in [2.24, 2.45) is 0 Å². The molecule has 0 saturated carbocycles. The SMILES string of the molecule is C=CCC(=O)OCCCOCCCC. The first kappa shape index (κ1) is 13.2. The van der Waals surface area contributed by atoms with Crippen LogP contribution in [0, 0.1) is 0 Å². The summed E-state index contributed by atoms with van der Waals surface area (Å²) in [4.78, 5) is 10.8. The van der Waals surface area contributed by atoms with Crippen LogP contribution >= 0.6 is 0 Å². The monoisotopic (exact) mass is 200 g/mol. The second-order valence-electron chi connectivity index (χ2n) is 3.03. The zero-order valence-corrected chi connectivity index (χ0v) is 8.96. The van der Waals surface area contributed by atoms with Gasteiger partial charge in [0, 0.05) is 19.6 Å². The zero-order chi connectivity index (χ0) is 10.6. The highest BCUT2D eigenvalue weighted by Gasteiger charge is 1.97. The van der Waals surface area contributed by atoms with Crippen molar-refractivity contribution >= 4 is 5.97 Å². The summed E-state index contributed by atoms with van der Waals surface area (Å²) in [6.07, 6.45) is 4.84. The zero-order valence-electron chi connectivity index (χ0n) is 8.96. The number of rotatable bonds is 9. The van der Waals surface area contributed by atoms with E-state index in [1.54, 1.807) is 6.08 Å². The number of esters is 1. The van der Waals surface area contributed by atoms with Gasteiger partial charge in [-0.25, -0.2) is 0 Å². The van der Waals surface area contributed by atoms with Gasteiger partial charge >= 0.3 is 5.97 Å². The normalized spacial score (nSPS) is 9.79. The molecule has 0 spiro atoms. The van der Waals surface area contributed by atoms with Gasteiger partial charge in [0.2, 0.25) is 0 Å². The van der Waals surface area contributed by atoms with Crippen molar-refractivity contribution < 1.29 is 14.3 Å². The Morgan fingerprint density at radius 1 is 1.29 bits per heavy atom. The molecule has 3 nitrogen and oxygen atoms in total. The molecule has 0 bridgehead atoms. The predicted octanol–water partition coefficient (Wildman–Crippen LogP) is 2.31. The Bertz CT molecular complexity index is 155. The van der Waals surface area contributed by atoms with E-state index in [9.17, 15) is 4.79 Å². The van der Waals surface area contributed by atoms with Crippen LogP contribution in [0.3, 0.4) is 0 Å². The van der Waals surface area contributed by atoms with Crippen LogP contribution < -0.4 is 0 Å². The van der Waals surface area contributed by atoms with E-state index in [1.807, 2.05) is 0 Å². The lowest BCUT2D eigenvalue weighted by Crippen LogP contribution is -2.07. The fourth-order valence-corrected chi connectivity index (χ4v) is 0.872. The van der Waals surface area contributed by atoms with Gasteiger partial charge in [0.1, 0.15) is 0 Å². The van der Waals surface area contributed by atoms with Gasteiger partial charge in [-0.2, -0.15) is 0 Å². The van der Waals surface area contributed by atoms with Gasteiger partial charge < -0.3 is 9.47 Å². The molecule has 3 heteroatoms. The quantitative estimate of drug-likeness (QED) is 0.325. The Kier molecular flexibility index (Phi) is 9.64. The van der Waals surface area contributed by atoms with E-state index in [4.69, 9.17) is 9.47 Å². The molecule has 0 radical (unpaired) electrons. The Morgan fingerprint density at radius 3 is 2.64 bits per heavy atom. The summed E-state index contributed by atoms with van der Waals surface area (Å²) in [5, 5.41) is 0. The van der Waals surface area contributed by atoms with Crippen LogP contribution in [-0.2, 0) is 14.3 Å². The molecule has 0 heterocycles. The molecular weight excluding hydrogens is 180 g/mol. The van der Waals surface area contributed by atoms with E-state index in [1.165, 1.54) is 0 Å². The average molecular weight is 200 g/mol. The highest BCUT2D eigenvalue weighted by atomic mass is 16.5. The second kappa shape index (κ2) is 10.3. The summed E-state index contributed by atoms with van der Waals surface area (Å²) in [7, 11) is 0. The molecule has 0 aromatic carbocycles. The first-order valence-electron chi connectivity index (χ1n) is 5.15. The second-order valence-corrected chi connectivity index (χ2v) is 3.03. The van der Waals surface area contributed by atoms with Crippen LogP contribution in [0.25, 0.3) is 0 Å². The van der Waals surface area contributed by atoms with E-state index in [0.29, 0.717) is 13.2 Å². The standard InChI is InChI=1S/C11H20O3/c1-3-5-8-13-9-6-10-14-11(12)7-4-2/h4H,2-3,5-10H2,1H3. The highest BCUT2D eigenvalue weighted by molar-refractivity contribution is 5.70. The van der Waals surface area contributed by atoms with Crippen LogP contribution in [0.4, 0.5) is 0 Å². The lowest BCUT2D eigenvalue weighted by molar-refractivity contribution is -0.142. The van der Waals surface area contributed by atoms with Crippen LogP contribution in [0.2, 0.25) is 0 Å². The summed E-state index contributed by atoms with van der Waals surface area (Å²) in [5.74, 6) is -0.214. The molecular formula is C11H20O3. The van der Waals surface area contributed by atoms with Gasteiger partial charge in [0.05, 0.1) is 13.0 Å². The fourth-order valence-electron chi connectivity index (χ4n) is 0.872. The third-order valence-electron chi connectivity index (χ3n) is 1.65. The smallest absolute Gasteiger partial charge is 0.309 e. The van der Waals surface area contributed by atoms with Crippen molar-refractivity contribution in [3.8, 4) is 0 Å². The molecule has 0 N–H and O–H groups in total. The van der Waals surface area contributed by atoms with Crippen molar-refractivity contribution in [3.05, 3.63) is 12.7 Å². The van der Waals surface area contributed by atoms with Gasteiger partial charge in [-0.15, -0.1) is 6.58 Å². The Balaban J connectivity index is 3.05. The molecule has 0 rings (SSSR count). The molecule has 0 aliphatic carbocycles. The molecule has 0 aliphatic heterocycles. The van der Waals surface area contributed by atoms with Gasteiger partial charge in [-0.05, 0) is 6.42 Å². The molecule has 0 amide bonds. The highest BCUT2D eigenvalue weighted by Crippen LogP contribution is 1.92. The molecule has 0 atom stereocenters. The molecule has 0 aromatic rings. The first-order valence-corrected chi connectivity index (χ1v) is 5.15. The van der Waals surface area contributed by atoms with E-state index in [2.05, 4.69) is 13.5 Å². The predicted molar refractivity (Wildman–Crippen MR) is 56.1 cm³/mol. The minimum Gasteiger partial charge on any atom is -0.465 e. The lowest BCUT2D eigenvalue weighted by Gasteiger charge is -2.04. The molecule has 0 fully saturated rings. The number of carbonyl (C=O) groups excluding carboxylic acids is 1. The van der Waals surface area contributed by atoms with Gasteiger partial charge in [-0.3, -0.25) is 4.79 Å². The lowest BCUT2D eigenvalue weighted by atomic mass is 10.4. The van der Waals surface area contributed by atoms with E-state index < -0.39 is 0 Å². The summed E-state index contributed by atoms with van der Waals surface area (Å²) < 4.78 is 10.2. The minimum atomic E-state index is -0.214. The van der Waals surface area contributed by atoms with E-state index in [-0.39, 0.29) is 12.4 Å². The Labute approximate surface area is 86.1 Å². The topological polar surface area (TPSA) is 35.5 Å².